The molecule has 1 atom stereocenters. The van der Waals surface area contributed by atoms with Crippen LogP contribution in [0.1, 0.15) is 37.9 Å². The molecule has 1 aliphatic rings. The number of carbonyl (C=O) groups is 1. The monoisotopic (exact) mass is 538 g/mol. The van der Waals surface area contributed by atoms with Gasteiger partial charge in [-0.1, -0.05) is 17.4 Å². The zero-order valence-corrected chi connectivity index (χ0v) is 23.0. The van der Waals surface area contributed by atoms with Crippen molar-refractivity contribution in [1.82, 2.24) is 4.57 Å². The molecule has 0 aliphatic carbocycles. The molecule has 0 N–H and O–H groups in total. The van der Waals surface area contributed by atoms with Crippen molar-refractivity contribution in [2.24, 2.45) is 4.99 Å². The van der Waals surface area contributed by atoms with Gasteiger partial charge >= 0.3 is 5.97 Å². The summed E-state index contributed by atoms with van der Waals surface area (Å²) in [4.78, 5) is 32.1. The van der Waals surface area contributed by atoms with Gasteiger partial charge in [-0.05, 0) is 62.7 Å². The van der Waals surface area contributed by atoms with Gasteiger partial charge in [0.15, 0.2) is 16.3 Å². The number of esters is 1. The van der Waals surface area contributed by atoms with Gasteiger partial charge in [0, 0.05) is 5.56 Å². The van der Waals surface area contributed by atoms with Crippen molar-refractivity contribution in [3.05, 3.63) is 78.5 Å². The Bertz CT molecular complexity index is 1570. The number of hydrogen-bond acceptors (Lipinski definition) is 9. The van der Waals surface area contributed by atoms with Crippen molar-refractivity contribution in [3.63, 3.8) is 0 Å². The summed E-state index contributed by atoms with van der Waals surface area (Å²) in [6.45, 7) is 5.96. The molecule has 1 aliphatic heterocycles. The summed E-state index contributed by atoms with van der Waals surface area (Å²) in [5.41, 5.74) is 1.81. The van der Waals surface area contributed by atoms with E-state index in [0.717, 1.165) is 0 Å². The van der Waals surface area contributed by atoms with Crippen molar-refractivity contribution in [1.29, 1.82) is 0 Å². The zero-order valence-electron chi connectivity index (χ0n) is 22.2. The van der Waals surface area contributed by atoms with Crippen LogP contribution in [0.4, 0.5) is 0 Å². The lowest BCUT2D eigenvalue weighted by Crippen LogP contribution is -2.40. The average Bonchev–Trinajstić information content (AvgIpc) is 3.22. The molecule has 0 radical (unpaired) electrons. The first-order chi connectivity index (χ1) is 18.4. The van der Waals surface area contributed by atoms with E-state index in [0.29, 0.717) is 55.8 Å². The lowest BCUT2D eigenvalue weighted by atomic mass is 9.95. The highest BCUT2D eigenvalue weighted by Crippen LogP contribution is 2.36. The molecule has 0 spiro atoms. The number of allylic oxidation sites excluding steroid dienone is 1. The Labute approximate surface area is 224 Å². The Morgan fingerprint density at radius 1 is 1.00 bits per heavy atom. The minimum absolute atomic E-state index is 0.190. The van der Waals surface area contributed by atoms with E-state index in [1.54, 1.807) is 71.6 Å². The number of thiazole rings is 1. The second-order valence-electron chi connectivity index (χ2n) is 8.25. The molecule has 9 nitrogen and oxygen atoms in total. The fraction of sp³-hybridized carbons (Fsp3) is 0.321. The maximum Gasteiger partial charge on any atom is 0.338 e. The Morgan fingerprint density at radius 2 is 1.74 bits per heavy atom. The fourth-order valence-corrected chi connectivity index (χ4v) is 5.37. The molecule has 2 heterocycles. The van der Waals surface area contributed by atoms with Gasteiger partial charge in [-0.3, -0.25) is 9.36 Å². The molecule has 200 valence electrons. The molecule has 4 rings (SSSR count). The minimum Gasteiger partial charge on any atom is -0.497 e. The summed E-state index contributed by atoms with van der Waals surface area (Å²) in [5, 5.41) is 0. The highest BCUT2D eigenvalue weighted by molar-refractivity contribution is 7.07. The minimum atomic E-state index is -0.773. The van der Waals surface area contributed by atoms with Crippen LogP contribution in [0.3, 0.4) is 0 Å². The van der Waals surface area contributed by atoms with E-state index >= 15 is 0 Å². The maximum atomic E-state index is 13.9. The highest BCUT2D eigenvalue weighted by atomic mass is 32.1. The molecule has 0 unspecified atom stereocenters. The van der Waals surface area contributed by atoms with E-state index in [-0.39, 0.29) is 17.7 Å². The molecule has 1 aromatic heterocycles. The predicted octanol–water partition coefficient (Wildman–Crippen LogP) is 3.22. The molecular formula is C28H30N2O7S. The summed E-state index contributed by atoms with van der Waals surface area (Å²) in [6, 6.07) is 9.94. The molecule has 0 bridgehead atoms. The van der Waals surface area contributed by atoms with E-state index < -0.39 is 12.0 Å². The zero-order chi connectivity index (χ0) is 27.4. The van der Waals surface area contributed by atoms with Crippen molar-refractivity contribution in [3.8, 4) is 23.0 Å². The molecule has 0 amide bonds. The summed E-state index contributed by atoms with van der Waals surface area (Å²) in [6.07, 6.45) is 1.74. The van der Waals surface area contributed by atoms with Crippen LogP contribution in [-0.2, 0) is 9.53 Å². The van der Waals surface area contributed by atoms with E-state index in [4.69, 9.17) is 23.7 Å². The summed E-state index contributed by atoms with van der Waals surface area (Å²) in [7, 11) is 4.70. The van der Waals surface area contributed by atoms with Crippen molar-refractivity contribution < 1.29 is 28.5 Å². The average molecular weight is 539 g/mol. The number of aromatic nitrogens is 1. The van der Waals surface area contributed by atoms with Crippen LogP contribution in [0, 0.1) is 0 Å². The molecule has 10 heteroatoms. The number of hydrogen-bond donors (Lipinski definition) is 0. The molecular weight excluding hydrogens is 508 g/mol. The second kappa shape index (κ2) is 11.6. The Balaban J connectivity index is 1.98. The number of fused-ring (bicyclic) bond motifs is 1. The third kappa shape index (κ3) is 5.04. The number of benzene rings is 2. The Hall–Kier alpha value is -4.05. The summed E-state index contributed by atoms with van der Waals surface area (Å²) < 4.78 is 29.4. The lowest BCUT2D eigenvalue weighted by Gasteiger charge is -2.25. The predicted molar refractivity (Wildman–Crippen MR) is 144 cm³/mol. The van der Waals surface area contributed by atoms with Crippen molar-refractivity contribution >= 4 is 23.4 Å². The van der Waals surface area contributed by atoms with Crippen LogP contribution >= 0.6 is 11.3 Å². The smallest absolute Gasteiger partial charge is 0.338 e. The van der Waals surface area contributed by atoms with Gasteiger partial charge in [-0.2, -0.15) is 0 Å². The Morgan fingerprint density at radius 3 is 2.39 bits per heavy atom. The molecule has 38 heavy (non-hydrogen) atoms. The summed E-state index contributed by atoms with van der Waals surface area (Å²) >= 11 is 1.23. The fourth-order valence-electron chi connectivity index (χ4n) is 4.33. The van der Waals surface area contributed by atoms with E-state index in [2.05, 4.69) is 4.99 Å². The third-order valence-corrected chi connectivity index (χ3v) is 7.03. The van der Waals surface area contributed by atoms with Gasteiger partial charge in [-0.15, -0.1) is 0 Å². The van der Waals surface area contributed by atoms with Gasteiger partial charge < -0.3 is 23.7 Å². The summed E-state index contributed by atoms with van der Waals surface area (Å²) in [5.74, 6) is 1.74. The number of nitrogens with zero attached hydrogens (tertiary/aromatic N) is 2. The largest absolute Gasteiger partial charge is 0.497 e. The second-order valence-corrected chi connectivity index (χ2v) is 9.26. The molecule has 0 saturated heterocycles. The third-order valence-electron chi connectivity index (χ3n) is 6.04. The van der Waals surface area contributed by atoms with Gasteiger partial charge in [0.05, 0.1) is 56.4 Å². The maximum absolute atomic E-state index is 13.9. The first-order valence-corrected chi connectivity index (χ1v) is 12.9. The SMILES string of the molecule is CCOC(=O)C1=C(C)N=c2s/c(=C\c3cc(OC)ccc3OC)c(=O)n2[C@H]1c1ccc(OC)c(OCC)c1. The lowest BCUT2D eigenvalue weighted by molar-refractivity contribution is -0.139. The normalized spacial score (nSPS) is 15.0. The van der Waals surface area contributed by atoms with Gasteiger partial charge in [-0.25, -0.2) is 9.79 Å². The molecule has 0 saturated carbocycles. The van der Waals surface area contributed by atoms with Crippen molar-refractivity contribution in [2.75, 3.05) is 34.5 Å². The van der Waals surface area contributed by atoms with Crippen LogP contribution < -0.4 is 33.8 Å². The number of ether oxygens (including phenoxy) is 5. The van der Waals surface area contributed by atoms with Crippen LogP contribution in [0.15, 0.2) is 57.5 Å². The number of carbonyl (C=O) groups excluding carboxylic acids is 1. The molecule has 3 aromatic rings. The standard InChI is InChI=1S/C28H30N2O7S/c1-7-36-22-14-17(9-11-21(22)35-6)25-24(27(32)37-8-2)16(3)29-28-30(25)26(31)23(38-28)15-18-13-19(33-4)10-12-20(18)34-5/h9-15,25H,7-8H2,1-6H3/b23-15-/t25-/m0/s1. The topological polar surface area (TPSA) is 97.6 Å². The van der Waals surface area contributed by atoms with Crippen LogP contribution in [-0.4, -0.2) is 45.1 Å². The first-order valence-electron chi connectivity index (χ1n) is 12.1. The van der Waals surface area contributed by atoms with E-state index in [9.17, 15) is 9.59 Å². The molecule has 2 aromatic carbocycles. The van der Waals surface area contributed by atoms with Crippen LogP contribution in [0.25, 0.3) is 6.08 Å². The van der Waals surface area contributed by atoms with Gasteiger partial charge in [0.1, 0.15) is 11.5 Å². The number of rotatable bonds is 9. The first kappa shape index (κ1) is 27.0. The van der Waals surface area contributed by atoms with Gasteiger partial charge in [0.25, 0.3) is 5.56 Å². The quantitative estimate of drug-likeness (QED) is 0.386. The number of methoxy groups -OCH3 is 3. The molecule has 0 fully saturated rings. The highest BCUT2D eigenvalue weighted by Gasteiger charge is 2.34. The Kier molecular flexibility index (Phi) is 8.21. The van der Waals surface area contributed by atoms with Crippen LogP contribution in [0.5, 0.6) is 23.0 Å². The van der Waals surface area contributed by atoms with E-state index in [1.807, 2.05) is 13.0 Å². The van der Waals surface area contributed by atoms with Crippen molar-refractivity contribution in [2.45, 2.75) is 26.8 Å². The van der Waals surface area contributed by atoms with E-state index in [1.165, 1.54) is 15.9 Å². The van der Waals surface area contributed by atoms with Gasteiger partial charge in [0.2, 0.25) is 0 Å². The van der Waals surface area contributed by atoms with Crippen LogP contribution in [0.2, 0.25) is 0 Å².